The molecule has 1 atom stereocenters. The molecule has 0 bridgehead atoms. The number of unbranched alkanes of at least 4 members (excludes halogenated alkanes) is 6. The van der Waals surface area contributed by atoms with Crippen LogP contribution in [0.3, 0.4) is 0 Å². The highest BCUT2D eigenvalue weighted by Crippen LogP contribution is 2.30. The van der Waals surface area contributed by atoms with Gasteiger partial charge in [0.05, 0.1) is 0 Å². The molecule has 0 amide bonds. The van der Waals surface area contributed by atoms with Crippen LogP contribution in [0.4, 0.5) is 0 Å². The summed E-state index contributed by atoms with van der Waals surface area (Å²) in [5, 5.41) is 0. The highest BCUT2D eigenvalue weighted by atomic mass is 32.2. The van der Waals surface area contributed by atoms with E-state index in [1.807, 2.05) is 25.1 Å². The molecule has 0 aliphatic carbocycles. The molecule has 0 aromatic heterocycles. The summed E-state index contributed by atoms with van der Waals surface area (Å²) in [6, 6.07) is 6.10. The minimum absolute atomic E-state index is 0.290. The van der Waals surface area contributed by atoms with Gasteiger partial charge in [-0.2, -0.15) is 8.42 Å². The lowest BCUT2D eigenvalue weighted by Crippen LogP contribution is -2.27. The number of ether oxygens (including phenoxy) is 1. The number of aryl methyl sites for hydroxylation is 2. The van der Waals surface area contributed by atoms with Crippen molar-refractivity contribution in [2.24, 2.45) is 0 Å². The third-order valence-corrected chi connectivity index (χ3v) is 5.88. The van der Waals surface area contributed by atoms with Crippen molar-refractivity contribution in [3.8, 4) is 5.75 Å². The molecule has 5 heteroatoms. The number of hydrogen-bond acceptors (Lipinski definition) is 3. The average molecular weight is 399 g/mol. The molecule has 1 rings (SSSR count). The van der Waals surface area contributed by atoms with Crippen LogP contribution in [0.15, 0.2) is 18.2 Å². The summed E-state index contributed by atoms with van der Waals surface area (Å²) in [5.41, 5.74) is 0.932. The number of benzene rings is 1. The van der Waals surface area contributed by atoms with Crippen molar-refractivity contribution in [3.63, 3.8) is 0 Å². The van der Waals surface area contributed by atoms with Crippen LogP contribution in [0, 0.1) is 0 Å². The normalized spacial score (nSPS) is 12.9. The Kier molecular flexibility index (Phi) is 11.7. The Morgan fingerprint density at radius 3 is 1.78 bits per heavy atom. The van der Waals surface area contributed by atoms with Crippen LogP contribution in [-0.4, -0.2) is 18.4 Å². The number of rotatable bonds is 15. The van der Waals surface area contributed by atoms with Gasteiger partial charge in [-0.05, 0) is 36.8 Å². The molecule has 0 aliphatic rings. The fourth-order valence-electron chi connectivity index (χ4n) is 3.30. The zero-order valence-electron chi connectivity index (χ0n) is 17.4. The van der Waals surface area contributed by atoms with E-state index < -0.39 is 15.6 Å². The maximum atomic E-state index is 11.8. The van der Waals surface area contributed by atoms with Gasteiger partial charge in [-0.1, -0.05) is 83.9 Å². The van der Waals surface area contributed by atoms with Crippen LogP contribution in [0.25, 0.3) is 0 Å². The van der Waals surface area contributed by atoms with Gasteiger partial charge in [0.15, 0.2) is 0 Å². The van der Waals surface area contributed by atoms with Crippen LogP contribution in [-0.2, 0) is 23.0 Å². The van der Waals surface area contributed by atoms with E-state index in [1.54, 1.807) is 0 Å². The highest BCUT2D eigenvalue weighted by molar-refractivity contribution is 7.86. The molecule has 1 N–H and O–H groups in total. The molecular formula is C22H38O4S. The highest BCUT2D eigenvalue weighted by Gasteiger charge is 2.26. The van der Waals surface area contributed by atoms with Gasteiger partial charge in [-0.3, -0.25) is 4.55 Å². The molecule has 1 aromatic carbocycles. The topological polar surface area (TPSA) is 63.6 Å². The summed E-state index contributed by atoms with van der Waals surface area (Å²) in [6.45, 7) is 6.27. The van der Waals surface area contributed by atoms with Crippen LogP contribution in [0.1, 0.15) is 96.1 Å². The molecule has 0 saturated heterocycles. The molecule has 1 unspecified atom stereocenters. The van der Waals surface area contributed by atoms with Crippen molar-refractivity contribution in [1.82, 2.24) is 0 Å². The molecule has 27 heavy (non-hydrogen) atoms. The maximum absolute atomic E-state index is 11.8. The lowest BCUT2D eigenvalue weighted by atomic mass is 9.99. The Morgan fingerprint density at radius 1 is 0.852 bits per heavy atom. The van der Waals surface area contributed by atoms with Gasteiger partial charge in [0, 0.05) is 6.42 Å². The first kappa shape index (κ1) is 24.0. The number of para-hydroxylation sites is 1. The second kappa shape index (κ2) is 13.2. The Bertz CT molecular complexity index is 595. The summed E-state index contributed by atoms with van der Waals surface area (Å²) < 4.78 is 39.1. The van der Waals surface area contributed by atoms with Crippen LogP contribution < -0.4 is 4.74 Å². The molecule has 0 spiro atoms. The van der Waals surface area contributed by atoms with E-state index in [0.717, 1.165) is 49.7 Å². The van der Waals surface area contributed by atoms with E-state index in [9.17, 15) is 13.0 Å². The van der Waals surface area contributed by atoms with Gasteiger partial charge in [-0.15, -0.1) is 0 Å². The van der Waals surface area contributed by atoms with Crippen LogP contribution in [0.5, 0.6) is 5.75 Å². The lowest BCUT2D eigenvalue weighted by Gasteiger charge is -2.21. The second-order valence-corrected chi connectivity index (χ2v) is 8.93. The van der Waals surface area contributed by atoms with E-state index in [2.05, 4.69) is 13.8 Å². The largest absolute Gasteiger partial charge is 0.471 e. The number of hydrogen-bond donors (Lipinski definition) is 1. The Morgan fingerprint density at radius 2 is 1.37 bits per heavy atom. The first-order chi connectivity index (χ1) is 12.9. The monoisotopic (exact) mass is 398 g/mol. The molecule has 0 saturated carbocycles. The maximum Gasteiger partial charge on any atom is 0.303 e. The van der Waals surface area contributed by atoms with Crippen LogP contribution in [0.2, 0.25) is 0 Å². The standard InChI is InChI=1S/C22H38O4S/c1-4-7-9-11-15-19-17-13-18-20(16-12-10-8-5-2)22(19)26-21(14-6-3)27(23,24)25/h13,17-18,21H,4-12,14-16H2,1-3H3,(H,23,24,25). The fourth-order valence-corrected chi connectivity index (χ4v) is 4.05. The second-order valence-electron chi connectivity index (χ2n) is 7.38. The molecular weight excluding hydrogens is 360 g/mol. The molecule has 156 valence electrons. The third kappa shape index (κ3) is 9.11. The predicted octanol–water partition coefficient (Wildman–Crippen LogP) is 6.33. The minimum Gasteiger partial charge on any atom is -0.471 e. The van der Waals surface area contributed by atoms with Crippen molar-refractivity contribution >= 4 is 10.1 Å². The van der Waals surface area contributed by atoms with Crippen molar-refractivity contribution in [2.75, 3.05) is 0 Å². The molecule has 0 fully saturated rings. The van der Waals surface area contributed by atoms with Gasteiger partial charge in [-0.25, -0.2) is 0 Å². The van der Waals surface area contributed by atoms with Gasteiger partial charge in [0.2, 0.25) is 5.44 Å². The van der Waals surface area contributed by atoms with Crippen LogP contribution >= 0.6 is 0 Å². The fraction of sp³-hybridized carbons (Fsp3) is 0.727. The predicted molar refractivity (Wildman–Crippen MR) is 113 cm³/mol. The van der Waals surface area contributed by atoms with E-state index in [4.69, 9.17) is 4.74 Å². The summed E-state index contributed by atoms with van der Waals surface area (Å²) >= 11 is 0. The Balaban J connectivity index is 3.03. The molecule has 0 aliphatic heterocycles. The zero-order valence-corrected chi connectivity index (χ0v) is 18.2. The van der Waals surface area contributed by atoms with E-state index >= 15 is 0 Å². The Labute approximate surface area is 166 Å². The Hall–Kier alpha value is -1.07. The van der Waals surface area contributed by atoms with E-state index in [1.165, 1.54) is 25.7 Å². The van der Waals surface area contributed by atoms with Gasteiger partial charge in [0.25, 0.3) is 0 Å². The third-order valence-electron chi connectivity index (χ3n) is 4.88. The van der Waals surface area contributed by atoms with E-state index in [0.29, 0.717) is 12.2 Å². The summed E-state index contributed by atoms with van der Waals surface area (Å²) in [4.78, 5) is 0. The van der Waals surface area contributed by atoms with Crippen molar-refractivity contribution in [2.45, 2.75) is 103 Å². The van der Waals surface area contributed by atoms with Crippen molar-refractivity contribution < 1.29 is 17.7 Å². The van der Waals surface area contributed by atoms with Gasteiger partial charge in [0.1, 0.15) is 5.75 Å². The summed E-state index contributed by atoms with van der Waals surface area (Å²) in [6.07, 6.45) is 11.9. The molecule has 1 aromatic rings. The van der Waals surface area contributed by atoms with Gasteiger partial charge >= 0.3 is 10.1 Å². The first-order valence-electron chi connectivity index (χ1n) is 10.7. The first-order valence-corrected chi connectivity index (χ1v) is 12.2. The summed E-state index contributed by atoms with van der Waals surface area (Å²) in [5.74, 6) is 0.682. The average Bonchev–Trinajstić information content (AvgIpc) is 2.62. The molecule has 0 radical (unpaired) electrons. The minimum atomic E-state index is -4.24. The van der Waals surface area contributed by atoms with Crippen molar-refractivity contribution in [1.29, 1.82) is 0 Å². The smallest absolute Gasteiger partial charge is 0.303 e. The van der Waals surface area contributed by atoms with E-state index in [-0.39, 0.29) is 6.42 Å². The molecule has 0 heterocycles. The summed E-state index contributed by atoms with van der Waals surface area (Å²) in [7, 11) is -4.24. The van der Waals surface area contributed by atoms with Gasteiger partial charge < -0.3 is 4.74 Å². The molecule has 4 nitrogen and oxygen atoms in total. The SMILES string of the molecule is CCCCCCc1cccc(CCCCCC)c1OC(CCC)S(=O)(=O)O. The quantitative estimate of drug-likeness (QED) is 0.277. The lowest BCUT2D eigenvalue weighted by molar-refractivity contribution is 0.241. The zero-order chi connectivity index (χ0) is 20.1. The van der Waals surface area contributed by atoms with Crippen molar-refractivity contribution in [3.05, 3.63) is 29.3 Å².